The van der Waals surface area contributed by atoms with Crippen molar-refractivity contribution in [1.29, 1.82) is 0 Å². The van der Waals surface area contributed by atoms with Gasteiger partial charge in [0, 0.05) is 5.39 Å². The molecule has 106 valence electrons. The molecule has 0 N–H and O–H groups in total. The second-order valence-corrected chi connectivity index (χ2v) is 4.71. The maximum absolute atomic E-state index is 11.0. The first-order valence-corrected chi connectivity index (χ1v) is 6.51. The minimum Gasteiger partial charge on any atom is -0.545 e. The number of carbonyl (C=O) groups is 1. The maximum atomic E-state index is 11.0. The second kappa shape index (κ2) is 4.59. The number of nitrogens with zero attached hydrogens (tertiary/aromatic N) is 5. The van der Waals surface area contributed by atoms with Crippen LogP contribution in [-0.2, 0) is 0 Å². The summed E-state index contributed by atoms with van der Waals surface area (Å²) in [5, 5.41) is 19.9. The van der Waals surface area contributed by atoms with Gasteiger partial charge in [0.1, 0.15) is 11.8 Å². The van der Waals surface area contributed by atoms with Gasteiger partial charge in [-0.2, -0.15) is 4.68 Å². The van der Waals surface area contributed by atoms with Gasteiger partial charge >= 0.3 is 0 Å². The molecular formula is C15H8N5O2-. The molecule has 4 rings (SSSR count). The van der Waals surface area contributed by atoms with E-state index in [2.05, 4.69) is 20.3 Å². The minimum absolute atomic E-state index is 0.0700. The Morgan fingerprint density at radius 1 is 1.05 bits per heavy atom. The van der Waals surface area contributed by atoms with Crippen molar-refractivity contribution in [2.45, 2.75) is 0 Å². The molecule has 0 spiro atoms. The van der Waals surface area contributed by atoms with Crippen LogP contribution in [0.4, 0.5) is 0 Å². The highest BCUT2D eigenvalue weighted by molar-refractivity contribution is 5.94. The Labute approximate surface area is 123 Å². The molecule has 0 radical (unpaired) electrons. The van der Waals surface area contributed by atoms with Gasteiger partial charge in [-0.3, -0.25) is 0 Å². The number of hydrogen-bond acceptors (Lipinski definition) is 6. The van der Waals surface area contributed by atoms with Crippen LogP contribution in [0.5, 0.6) is 0 Å². The van der Waals surface area contributed by atoms with E-state index in [4.69, 9.17) is 0 Å². The van der Waals surface area contributed by atoms with Crippen LogP contribution < -0.4 is 5.11 Å². The standard InChI is InChI=1S/C15H9N5O2/c21-15(22)9-5-6-10-12(7-9)16-8-17-14(10)20-13-4-2-1-3-11(13)18-19-20/h1-8H,(H,21,22)/p-1. The van der Waals surface area contributed by atoms with Gasteiger partial charge in [0.25, 0.3) is 0 Å². The number of benzene rings is 2. The highest BCUT2D eigenvalue weighted by Gasteiger charge is 2.11. The fourth-order valence-electron chi connectivity index (χ4n) is 2.36. The Kier molecular flexibility index (Phi) is 2.59. The molecule has 0 unspecified atom stereocenters. The summed E-state index contributed by atoms with van der Waals surface area (Å²) in [5.41, 5.74) is 2.14. The van der Waals surface area contributed by atoms with Crippen molar-refractivity contribution in [3.63, 3.8) is 0 Å². The summed E-state index contributed by atoms with van der Waals surface area (Å²) >= 11 is 0. The van der Waals surface area contributed by atoms with Crippen LogP contribution in [0.2, 0.25) is 0 Å². The molecule has 2 heterocycles. The maximum Gasteiger partial charge on any atom is 0.167 e. The smallest absolute Gasteiger partial charge is 0.167 e. The number of rotatable bonds is 2. The van der Waals surface area contributed by atoms with Crippen molar-refractivity contribution in [3.8, 4) is 5.82 Å². The Bertz CT molecular complexity index is 1020. The lowest BCUT2D eigenvalue weighted by Crippen LogP contribution is -2.22. The van der Waals surface area contributed by atoms with Crippen LogP contribution in [-0.4, -0.2) is 30.9 Å². The predicted molar refractivity (Wildman–Crippen MR) is 76.3 cm³/mol. The van der Waals surface area contributed by atoms with Crippen molar-refractivity contribution in [2.75, 3.05) is 0 Å². The summed E-state index contributed by atoms with van der Waals surface area (Å²) < 4.78 is 1.61. The van der Waals surface area contributed by atoms with Crippen LogP contribution in [0, 0.1) is 0 Å². The lowest BCUT2D eigenvalue weighted by Gasteiger charge is -2.07. The SMILES string of the molecule is O=C([O-])c1ccc2c(-n3nnc4ccccc43)ncnc2c1. The first-order chi connectivity index (χ1) is 10.7. The van der Waals surface area contributed by atoms with E-state index in [1.165, 1.54) is 18.5 Å². The van der Waals surface area contributed by atoms with Crippen molar-refractivity contribution < 1.29 is 9.90 Å². The molecule has 0 aliphatic carbocycles. The second-order valence-electron chi connectivity index (χ2n) is 4.71. The Hall–Kier alpha value is -3.35. The topological polar surface area (TPSA) is 96.6 Å². The normalized spacial score (nSPS) is 11.1. The minimum atomic E-state index is -1.24. The number of fused-ring (bicyclic) bond motifs is 2. The molecule has 0 bridgehead atoms. The molecule has 0 amide bonds. The van der Waals surface area contributed by atoms with Gasteiger partial charge in [0.05, 0.1) is 17.0 Å². The highest BCUT2D eigenvalue weighted by atomic mass is 16.4. The third-order valence-corrected chi connectivity index (χ3v) is 3.40. The molecule has 0 aliphatic rings. The molecule has 4 aromatic rings. The van der Waals surface area contributed by atoms with E-state index < -0.39 is 5.97 Å². The zero-order valence-corrected chi connectivity index (χ0v) is 11.2. The van der Waals surface area contributed by atoms with Crippen LogP contribution in [0.3, 0.4) is 0 Å². The molecule has 22 heavy (non-hydrogen) atoms. The fourth-order valence-corrected chi connectivity index (χ4v) is 2.36. The summed E-state index contributed by atoms with van der Waals surface area (Å²) in [6.07, 6.45) is 1.37. The van der Waals surface area contributed by atoms with E-state index in [0.29, 0.717) is 16.7 Å². The molecule has 2 aromatic carbocycles. The lowest BCUT2D eigenvalue weighted by atomic mass is 10.1. The molecule has 7 nitrogen and oxygen atoms in total. The average Bonchev–Trinajstić information content (AvgIpc) is 2.97. The average molecular weight is 290 g/mol. The van der Waals surface area contributed by atoms with Gasteiger partial charge in [0.15, 0.2) is 5.82 Å². The van der Waals surface area contributed by atoms with Gasteiger partial charge in [-0.05, 0) is 29.8 Å². The van der Waals surface area contributed by atoms with Crippen LogP contribution >= 0.6 is 0 Å². The summed E-state index contributed by atoms with van der Waals surface area (Å²) in [7, 11) is 0. The summed E-state index contributed by atoms with van der Waals surface area (Å²) in [5.74, 6) is -0.697. The number of carboxylic acids is 1. The number of para-hydroxylation sites is 1. The van der Waals surface area contributed by atoms with Crippen molar-refractivity contribution in [2.24, 2.45) is 0 Å². The Morgan fingerprint density at radius 3 is 2.77 bits per heavy atom. The van der Waals surface area contributed by atoms with E-state index >= 15 is 0 Å². The van der Waals surface area contributed by atoms with Crippen LogP contribution in [0.15, 0.2) is 48.8 Å². The van der Waals surface area contributed by atoms with E-state index in [-0.39, 0.29) is 5.56 Å². The van der Waals surface area contributed by atoms with E-state index in [1.807, 2.05) is 24.3 Å². The number of aromatic carboxylic acids is 1. The van der Waals surface area contributed by atoms with Gasteiger partial charge in [0.2, 0.25) is 0 Å². The summed E-state index contributed by atoms with van der Waals surface area (Å²) in [6, 6.07) is 12.1. The molecule has 0 fully saturated rings. The first kappa shape index (κ1) is 12.4. The highest BCUT2D eigenvalue weighted by Crippen LogP contribution is 2.22. The zero-order valence-electron chi connectivity index (χ0n) is 11.2. The predicted octanol–water partition coefficient (Wildman–Crippen LogP) is 0.727. The van der Waals surface area contributed by atoms with Gasteiger partial charge in [-0.1, -0.05) is 23.4 Å². The third kappa shape index (κ3) is 1.80. The van der Waals surface area contributed by atoms with Crippen LogP contribution in [0.25, 0.3) is 27.8 Å². The van der Waals surface area contributed by atoms with Gasteiger partial charge < -0.3 is 9.90 Å². The van der Waals surface area contributed by atoms with Crippen LogP contribution in [0.1, 0.15) is 10.4 Å². The molecular weight excluding hydrogens is 282 g/mol. The summed E-state index contributed by atoms with van der Waals surface area (Å²) in [4.78, 5) is 19.3. The monoisotopic (exact) mass is 290 g/mol. The third-order valence-electron chi connectivity index (χ3n) is 3.40. The van der Waals surface area contributed by atoms with Gasteiger partial charge in [-0.25, -0.2) is 9.97 Å². The molecule has 0 atom stereocenters. The van der Waals surface area contributed by atoms with Crippen molar-refractivity contribution in [1.82, 2.24) is 25.0 Å². The molecule has 0 saturated heterocycles. The van der Waals surface area contributed by atoms with Crippen molar-refractivity contribution in [3.05, 3.63) is 54.4 Å². The van der Waals surface area contributed by atoms with E-state index in [1.54, 1.807) is 10.7 Å². The molecule has 0 saturated carbocycles. The van der Waals surface area contributed by atoms with E-state index in [0.717, 1.165) is 11.0 Å². The number of aromatic nitrogens is 5. The van der Waals surface area contributed by atoms with Crippen molar-refractivity contribution >= 4 is 27.9 Å². The molecule has 7 heteroatoms. The number of carbonyl (C=O) groups excluding carboxylic acids is 1. The zero-order chi connectivity index (χ0) is 15.1. The fraction of sp³-hybridized carbons (Fsp3) is 0. The lowest BCUT2D eigenvalue weighted by molar-refractivity contribution is -0.255. The largest absolute Gasteiger partial charge is 0.545 e. The Balaban J connectivity index is 2.01. The quantitative estimate of drug-likeness (QED) is 0.540. The number of hydrogen-bond donors (Lipinski definition) is 0. The molecule has 0 aliphatic heterocycles. The molecule has 2 aromatic heterocycles. The first-order valence-electron chi connectivity index (χ1n) is 6.51. The van der Waals surface area contributed by atoms with E-state index in [9.17, 15) is 9.90 Å². The summed E-state index contributed by atoms with van der Waals surface area (Å²) in [6.45, 7) is 0. The van der Waals surface area contributed by atoms with Gasteiger partial charge in [-0.15, -0.1) is 5.10 Å². The Morgan fingerprint density at radius 2 is 1.91 bits per heavy atom. The number of carboxylic acid groups (broad SMARTS) is 1.